The molecule has 0 aromatic carbocycles. The second-order valence-corrected chi connectivity index (χ2v) is 4.11. The van der Waals surface area contributed by atoms with Gasteiger partial charge >= 0.3 is 0 Å². The second-order valence-electron chi connectivity index (χ2n) is 4.11. The van der Waals surface area contributed by atoms with Gasteiger partial charge in [0.05, 0.1) is 12.1 Å². The lowest BCUT2D eigenvalue weighted by atomic mass is 10.0. The van der Waals surface area contributed by atoms with Crippen LogP contribution in [0.2, 0.25) is 0 Å². The molecule has 16 heavy (non-hydrogen) atoms. The van der Waals surface area contributed by atoms with Gasteiger partial charge in [-0.2, -0.15) is 0 Å². The maximum Gasteiger partial charge on any atom is 0.183 e. The predicted octanol–water partition coefficient (Wildman–Crippen LogP) is 1.20. The van der Waals surface area contributed by atoms with Crippen molar-refractivity contribution in [3.8, 4) is 0 Å². The number of fused-ring (bicyclic) bond motifs is 1. The summed E-state index contributed by atoms with van der Waals surface area (Å²) in [5, 5.41) is 8.00. The lowest BCUT2D eigenvalue weighted by molar-refractivity contribution is -0.121. The number of Topliss-reactive ketones (excluding diaryl/α,β-unsaturated/α-hetero) is 1. The first-order valence-electron chi connectivity index (χ1n) is 5.27. The van der Waals surface area contributed by atoms with E-state index in [2.05, 4.69) is 15.2 Å². The van der Waals surface area contributed by atoms with Crippen molar-refractivity contribution >= 4 is 11.4 Å². The third-order valence-electron chi connectivity index (χ3n) is 2.56. The predicted molar refractivity (Wildman–Crippen MR) is 59.1 cm³/mol. The molecule has 2 rings (SSSR count). The zero-order valence-electron chi connectivity index (χ0n) is 9.64. The highest BCUT2D eigenvalue weighted by atomic mass is 16.1. The summed E-state index contributed by atoms with van der Waals surface area (Å²) in [6.07, 6.45) is 3.79. The molecule has 0 aliphatic rings. The Balaban J connectivity index is 2.41. The van der Waals surface area contributed by atoms with Crippen LogP contribution in [0.1, 0.15) is 25.4 Å². The summed E-state index contributed by atoms with van der Waals surface area (Å²) in [6.45, 7) is 5.64. The number of aromatic nitrogens is 4. The van der Waals surface area contributed by atoms with Crippen molar-refractivity contribution in [3.63, 3.8) is 0 Å². The van der Waals surface area contributed by atoms with Crippen LogP contribution in [0.15, 0.2) is 12.4 Å². The van der Waals surface area contributed by atoms with Crippen molar-refractivity contribution in [1.82, 2.24) is 19.6 Å². The summed E-state index contributed by atoms with van der Waals surface area (Å²) in [5.74, 6) is 0.989. The number of carbonyl (C=O) groups is 1. The van der Waals surface area contributed by atoms with E-state index in [1.807, 2.05) is 25.2 Å². The highest BCUT2D eigenvalue weighted by Crippen LogP contribution is 2.09. The van der Waals surface area contributed by atoms with Gasteiger partial charge in [0.2, 0.25) is 0 Å². The van der Waals surface area contributed by atoms with Crippen molar-refractivity contribution in [1.29, 1.82) is 0 Å². The third kappa shape index (κ3) is 1.80. The molecule has 2 aromatic heterocycles. The van der Waals surface area contributed by atoms with E-state index in [1.165, 1.54) is 0 Å². The Morgan fingerprint density at radius 1 is 1.44 bits per heavy atom. The summed E-state index contributed by atoms with van der Waals surface area (Å²) >= 11 is 0. The number of aryl methyl sites for hydroxylation is 1. The Kier molecular flexibility index (Phi) is 2.68. The number of hydrogen-bond acceptors (Lipinski definition) is 4. The zero-order valence-corrected chi connectivity index (χ0v) is 9.64. The van der Waals surface area contributed by atoms with E-state index < -0.39 is 0 Å². The first-order valence-corrected chi connectivity index (χ1v) is 5.27. The first kappa shape index (κ1) is 10.7. The second kappa shape index (κ2) is 4.00. The van der Waals surface area contributed by atoms with Crippen LogP contribution >= 0.6 is 0 Å². The van der Waals surface area contributed by atoms with Crippen LogP contribution in [0, 0.1) is 12.8 Å². The van der Waals surface area contributed by atoms with Gasteiger partial charge in [-0.25, -0.2) is 0 Å². The molecule has 84 valence electrons. The minimum Gasteiger partial charge on any atom is -0.299 e. The van der Waals surface area contributed by atoms with Crippen LogP contribution in [0.3, 0.4) is 0 Å². The largest absolute Gasteiger partial charge is 0.299 e. The Morgan fingerprint density at radius 2 is 2.19 bits per heavy atom. The maximum absolute atomic E-state index is 11.7. The van der Waals surface area contributed by atoms with E-state index in [1.54, 1.807) is 12.4 Å². The molecule has 0 radical (unpaired) electrons. The van der Waals surface area contributed by atoms with Gasteiger partial charge in [-0.05, 0) is 6.92 Å². The van der Waals surface area contributed by atoms with Gasteiger partial charge in [-0.1, -0.05) is 13.8 Å². The highest BCUT2D eigenvalue weighted by molar-refractivity contribution is 5.83. The molecule has 0 N–H and O–H groups in total. The van der Waals surface area contributed by atoms with E-state index in [-0.39, 0.29) is 11.7 Å². The van der Waals surface area contributed by atoms with Gasteiger partial charge in [-0.15, -0.1) is 10.2 Å². The number of ketones is 1. The summed E-state index contributed by atoms with van der Waals surface area (Å²) in [4.78, 5) is 15.9. The lowest BCUT2D eigenvalue weighted by Gasteiger charge is -2.04. The normalized spacial score (nSPS) is 11.2. The van der Waals surface area contributed by atoms with Gasteiger partial charge in [0.25, 0.3) is 0 Å². The zero-order chi connectivity index (χ0) is 11.7. The molecule has 0 saturated heterocycles. The Hall–Kier alpha value is -1.78. The molecule has 0 bridgehead atoms. The molecule has 0 aliphatic carbocycles. The Morgan fingerprint density at radius 3 is 2.88 bits per heavy atom. The van der Waals surface area contributed by atoms with E-state index >= 15 is 0 Å². The first-order chi connectivity index (χ1) is 7.59. The molecule has 2 aromatic rings. The molecule has 2 heterocycles. The van der Waals surface area contributed by atoms with Crippen LogP contribution in [0.4, 0.5) is 0 Å². The average molecular weight is 218 g/mol. The molecule has 0 fully saturated rings. The molecule has 0 spiro atoms. The summed E-state index contributed by atoms with van der Waals surface area (Å²) in [6, 6.07) is 0. The van der Waals surface area contributed by atoms with E-state index in [9.17, 15) is 4.79 Å². The minimum atomic E-state index is 0.0195. The smallest absolute Gasteiger partial charge is 0.183 e. The van der Waals surface area contributed by atoms with Crippen molar-refractivity contribution in [2.24, 2.45) is 5.92 Å². The monoisotopic (exact) mass is 218 g/mol. The summed E-state index contributed by atoms with van der Waals surface area (Å²) in [5.41, 5.74) is 1.37. The van der Waals surface area contributed by atoms with Crippen molar-refractivity contribution in [3.05, 3.63) is 23.9 Å². The average Bonchev–Trinajstić information content (AvgIpc) is 2.62. The van der Waals surface area contributed by atoms with Crippen LogP contribution < -0.4 is 0 Å². The topological polar surface area (TPSA) is 60.2 Å². The molecule has 0 amide bonds. The van der Waals surface area contributed by atoms with Gasteiger partial charge < -0.3 is 0 Å². The number of nitrogens with zero attached hydrogens (tertiary/aromatic N) is 4. The molecular weight excluding hydrogens is 204 g/mol. The van der Waals surface area contributed by atoms with Gasteiger partial charge in [0.1, 0.15) is 11.6 Å². The quantitative estimate of drug-likeness (QED) is 0.776. The molecule has 0 unspecified atom stereocenters. The van der Waals surface area contributed by atoms with Crippen molar-refractivity contribution in [2.75, 3.05) is 0 Å². The molecule has 0 aliphatic heterocycles. The molecule has 0 atom stereocenters. The van der Waals surface area contributed by atoms with Crippen LogP contribution in [0.25, 0.3) is 5.65 Å². The van der Waals surface area contributed by atoms with E-state index in [0.717, 1.165) is 5.82 Å². The fourth-order valence-corrected chi connectivity index (χ4v) is 1.49. The molecule has 0 saturated carbocycles. The van der Waals surface area contributed by atoms with E-state index in [4.69, 9.17) is 0 Å². The lowest BCUT2D eigenvalue weighted by Crippen LogP contribution is -2.12. The molecule has 5 nitrogen and oxygen atoms in total. The van der Waals surface area contributed by atoms with E-state index in [0.29, 0.717) is 17.8 Å². The summed E-state index contributed by atoms with van der Waals surface area (Å²) < 4.78 is 1.84. The number of carbonyl (C=O) groups excluding carboxylic acids is 1. The Bertz CT molecular complexity index is 530. The van der Waals surface area contributed by atoms with Gasteiger partial charge in [-0.3, -0.25) is 14.2 Å². The SMILES string of the molecule is Cc1nnc2c(CC(=O)C(C)C)nccn12. The molecular formula is C11H14N4O. The number of rotatable bonds is 3. The van der Waals surface area contributed by atoms with Crippen molar-refractivity contribution in [2.45, 2.75) is 27.2 Å². The fourth-order valence-electron chi connectivity index (χ4n) is 1.49. The van der Waals surface area contributed by atoms with Crippen molar-refractivity contribution < 1.29 is 4.79 Å². The number of hydrogen-bond donors (Lipinski definition) is 0. The fraction of sp³-hybridized carbons (Fsp3) is 0.455. The summed E-state index contributed by atoms with van der Waals surface area (Å²) in [7, 11) is 0. The maximum atomic E-state index is 11.7. The van der Waals surface area contributed by atoms with Crippen LogP contribution in [0.5, 0.6) is 0 Å². The third-order valence-corrected chi connectivity index (χ3v) is 2.56. The minimum absolute atomic E-state index is 0.0195. The highest BCUT2D eigenvalue weighted by Gasteiger charge is 2.13. The van der Waals surface area contributed by atoms with Crippen LogP contribution in [-0.4, -0.2) is 25.4 Å². The molecule has 5 heteroatoms. The van der Waals surface area contributed by atoms with Crippen LogP contribution in [-0.2, 0) is 11.2 Å². The van der Waals surface area contributed by atoms with Gasteiger partial charge in [0.15, 0.2) is 5.65 Å². The standard InChI is InChI=1S/C11H14N4O/c1-7(2)10(16)6-9-11-14-13-8(3)15(11)5-4-12-9/h4-5,7H,6H2,1-3H3. The van der Waals surface area contributed by atoms with Gasteiger partial charge in [0, 0.05) is 18.3 Å². The Labute approximate surface area is 93.5 Å².